The molecule has 2 atom stereocenters. The molecule has 2 rings (SSSR count). The predicted molar refractivity (Wildman–Crippen MR) is 74.5 cm³/mol. The van der Waals surface area contributed by atoms with E-state index < -0.39 is 0 Å². The number of amides is 1. The van der Waals surface area contributed by atoms with Crippen molar-refractivity contribution in [2.45, 2.75) is 82.8 Å². The van der Waals surface area contributed by atoms with E-state index >= 15 is 0 Å². The van der Waals surface area contributed by atoms with Gasteiger partial charge in [0.25, 0.3) is 0 Å². The van der Waals surface area contributed by atoms with Crippen LogP contribution in [0.3, 0.4) is 0 Å². The van der Waals surface area contributed by atoms with Crippen LogP contribution in [-0.2, 0) is 4.79 Å². The van der Waals surface area contributed by atoms with Crippen LogP contribution in [0.4, 0.5) is 0 Å². The number of carbonyl (C=O) groups is 1. The second kappa shape index (κ2) is 6.55. The molecule has 3 nitrogen and oxygen atoms in total. The van der Waals surface area contributed by atoms with Gasteiger partial charge in [0.15, 0.2) is 0 Å². The summed E-state index contributed by atoms with van der Waals surface area (Å²) >= 11 is 0. The SMILES string of the molecule is CC1CCCC(C(=O)N(C)C2CCCCCC2)N1. The van der Waals surface area contributed by atoms with Gasteiger partial charge in [-0.1, -0.05) is 25.7 Å². The fourth-order valence-corrected chi connectivity index (χ4v) is 3.40. The summed E-state index contributed by atoms with van der Waals surface area (Å²) in [6, 6.07) is 1.05. The van der Waals surface area contributed by atoms with E-state index in [1.807, 2.05) is 11.9 Å². The summed E-state index contributed by atoms with van der Waals surface area (Å²) in [7, 11) is 2.01. The molecule has 0 spiro atoms. The monoisotopic (exact) mass is 252 g/mol. The van der Waals surface area contributed by atoms with Crippen LogP contribution >= 0.6 is 0 Å². The largest absolute Gasteiger partial charge is 0.341 e. The predicted octanol–water partition coefficient (Wildman–Crippen LogP) is 2.70. The van der Waals surface area contributed by atoms with Crippen LogP contribution in [0.1, 0.15) is 64.7 Å². The molecule has 0 aromatic rings. The van der Waals surface area contributed by atoms with Crippen LogP contribution in [0.15, 0.2) is 0 Å². The lowest BCUT2D eigenvalue weighted by atomic mass is 9.97. The molecule has 1 amide bonds. The highest BCUT2D eigenvalue weighted by Gasteiger charge is 2.29. The highest BCUT2D eigenvalue weighted by atomic mass is 16.2. The fourth-order valence-electron chi connectivity index (χ4n) is 3.40. The van der Waals surface area contributed by atoms with Crippen LogP contribution in [0.2, 0.25) is 0 Å². The fraction of sp³-hybridized carbons (Fsp3) is 0.933. The number of rotatable bonds is 2. The van der Waals surface area contributed by atoms with Gasteiger partial charge in [0.2, 0.25) is 5.91 Å². The van der Waals surface area contributed by atoms with E-state index in [9.17, 15) is 4.79 Å². The van der Waals surface area contributed by atoms with Crippen molar-refractivity contribution in [2.75, 3.05) is 7.05 Å². The summed E-state index contributed by atoms with van der Waals surface area (Å²) in [4.78, 5) is 14.6. The van der Waals surface area contributed by atoms with Gasteiger partial charge in [-0.15, -0.1) is 0 Å². The van der Waals surface area contributed by atoms with Crippen LogP contribution in [0.5, 0.6) is 0 Å². The minimum absolute atomic E-state index is 0.0713. The molecule has 0 radical (unpaired) electrons. The van der Waals surface area contributed by atoms with Crippen LogP contribution in [0.25, 0.3) is 0 Å². The van der Waals surface area contributed by atoms with Gasteiger partial charge in [0, 0.05) is 19.1 Å². The summed E-state index contributed by atoms with van der Waals surface area (Å²) in [5.41, 5.74) is 0. The molecule has 1 saturated carbocycles. The van der Waals surface area contributed by atoms with Gasteiger partial charge in [-0.25, -0.2) is 0 Å². The Hall–Kier alpha value is -0.570. The van der Waals surface area contributed by atoms with E-state index in [2.05, 4.69) is 12.2 Å². The van der Waals surface area contributed by atoms with Crippen molar-refractivity contribution in [1.29, 1.82) is 0 Å². The molecule has 0 aromatic heterocycles. The van der Waals surface area contributed by atoms with Crippen molar-refractivity contribution in [3.63, 3.8) is 0 Å². The molecule has 2 aliphatic rings. The van der Waals surface area contributed by atoms with Gasteiger partial charge in [0.1, 0.15) is 0 Å². The number of likely N-dealkylation sites (N-methyl/N-ethyl adjacent to an activating group) is 1. The van der Waals surface area contributed by atoms with E-state index in [1.165, 1.54) is 51.4 Å². The molecular weight excluding hydrogens is 224 g/mol. The minimum Gasteiger partial charge on any atom is -0.341 e. The normalized spacial score (nSPS) is 30.8. The van der Waals surface area contributed by atoms with Crippen molar-refractivity contribution in [3.05, 3.63) is 0 Å². The number of carbonyl (C=O) groups excluding carboxylic acids is 1. The first-order valence-electron chi connectivity index (χ1n) is 7.71. The lowest BCUT2D eigenvalue weighted by Gasteiger charge is -2.34. The third-order valence-corrected chi connectivity index (χ3v) is 4.63. The highest BCUT2D eigenvalue weighted by molar-refractivity contribution is 5.82. The molecule has 3 heteroatoms. The first kappa shape index (κ1) is 13.9. The van der Waals surface area contributed by atoms with E-state index in [0.717, 1.165) is 6.42 Å². The van der Waals surface area contributed by atoms with Gasteiger partial charge in [0.05, 0.1) is 6.04 Å². The molecule has 104 valence electrons. The maximum atomic E-state index is 12.5. The number of nitrogens with one attached hydrogen (secondary N) is 1. The topological polar surface area (TPSA) is 32.3 Å². The Morgan fingerprint density at radius 3 is 2.28 bits per heavy atom. The molecule has 1 aliphatic heterocycles. The van der Waals surface area contributed by atoms with Crippen LogP contribution in [-0.4, -0.2) is 36.0 Å². The Labute approximate surface area is 111 Å². The van der Waals surface area contributed by atoms with Gasteiger partial charge < -0.3 is 10.2 Å². The summed E-state index contributed by atoms with van der Waals surface area (Å²) in [6.45, 7) is 2.19. The quantitative estimate of drug-likeness (QED) is 0.766. The standard InChI is InChI=1S/C15H28N2O/c1-12-8-7-11-14(16-12)15(18)17(2)13-9-5-3-4-6-10-13/h12-14,16H,3-11H2,1-2H3. The van der Waals surface area contributed by atoms with E-state index in [1.54, 1.807) is 0 Å². The first-order chi connectivity index (χ1) is 8.68. The average Bonchev–Trinajstić information content (AvgIpc) is 2.66. The Morgan fingerprint density at radius 1 is 1.00 bits per heavy atom. The minimum atomic E-state index is 0.0713. The molecule has 2 fully saturated rings. The molecule has 0 bridgehead atoms. The lowest BCUT2D eigenvalue weighted by Crippen LogP contribution is -2.52. The number of hydrogen-bond donors (Lipinski definition) is 1. The first-order valence-corrected chi connectivity index (χ1v) is 7.71. The molecular formula is C15H28N2O. The van der Waals surface area contributed by atoms with E-state index in [-0.39, 0.29) is 6.04 Å². The molecule has 1 aliphatic carbocycles. The number of nitrogens with zero attached hydrogens (tertiary/aromatic N) is 1. The van der Waals surface area contributed by atoms with E-state index in [0.29, 0.717) is 18.0 Å². The zero-order valence-electron chi connectivity index (χ0n) is 12.0. The second-order valence-corrected chi connectivity index (χ2v) is 6.15. The van der Waals surface area contributed by atoms with Crippen molar-refractivity contribution >= 4 is 5.91 Å². The van der Waals surface area contributed by atoms with Crippen molar-refractivity contribution in [3.8, 4) is 0 Å². The maximum Gasteiger partial charge on any atom is 0.239 e. The Balaban J connectivity index is 1.90. The van der Waals surface area contributed by atoms with Crippen LogP contribution in [0, 0.1) is 0 Å². The molecule has 18 heavy (non-hydrogen) atoms. The third kappa shape index (κ3) is 3.47. The van der Waals surface area contributed by atoms with Crippen molar-refractivity contribution in [1.82, 2.24) is 10.2 Å². The zero-order chi connectivity index (χ0) is 13.0. The van der Waals surface area contributed by atoms with Gasteiger partial charge in [-0.05, 0) is 39.0 Å². The summed E-state index contributed by atoms with van der Waals surface area (Å²) in [6.07, 6.45) is 11.1. The third-order valence-electron chi connectivity index (χ3n) is 4.63. The van der Waals surface area contributed by atoms with Gasteiger partial charge in [-0.3, -0.25) is 4.79 Å². The Kier molecular flexibility index (Phi) is 5.04. The van der Waals surface area contributed by atoms with Gasteiger partial charge in [-0.2, -0.15) is 0 Å². The molecule has 1 saturated heterocycles. The molecule has 1 N–H and O–H groups in total. The summed E-state index contributed by atoms with van der Waals surface area (Å²) < 4.78 is 0. The Morgan fingerprint density at radius 2 is 1.67 bits per heavy atom. The zero-order valence-corrected chi connectivity index (χ0v) is 12.0. The van der Waals surface area contributed by atoms with Crippen molar-refractivity contribution < 1.29 is 4.79 Å². The average molecular weight is 252 g/mol. The molecule has 1 heterocycles. The Bertz CT molecular complexity index is 272. The van der Waals surface area contributed by atoms with Crippen LogP contribution < -0.4 is 5.32 Å². The van der Waals surface area contributed by atoms with Gasteiger partial charge >= 0.3 is 0 Å². The molecule has 0 aromatic carbocycles. The number of piperidine rings is 1. The second-order valence-electron chi connectivity index (χ2n) is 6.15. The summed E-state index contributed by atoms with van der Waals surface area (Å²) in [5, 5.41) is 3.46. The highest BCUT2D eigenvalue weighted by Crippen LogP contribution is 2.23. The number of hydrogen-bond acceptors (Lipinski definition) is 2. The lowest BCUT2D eigenvalue weighted by molar-refractivity contribution is -0.135. The van der Waals surface area contributed by atoms with Crippen molar-refractivity contribution in [2.24, 2.45) is 0 Å². The molecule has 2 unspecified atom stereocenters. The summed E-state index contributed by atoms with van der Waals surface area (Å²) in [5.74, 6) is 0.327. The maximum absolute atomic E-state index is 12.5. The smallest absolute Gasteiger partial charge is 0.239 e. The van der Waals surface area contributed by atoms with E-state index in [4.69, 9.17) is 0 Å².